The quantitative estimate of drug-likeness (QED) is 0.759. The van der Waals surface area contributed by atoms with E-state index in [4.69, 9.17) is 10.8 Å². The van der Waals surface area contributed by atoms with Gasteiger partial charge in [-0.05, 0) is 24.5 Å². The lowest BCUT2D eigenvalue weighted by Crippen LogP contribution is -2.37. The summed E-state index contributed by atoms with van der Waals surface area (Å²) >= 11 is 0. The highest BCUT2D eigenvalue weighted by molar-refractivity contribution is 6.02. The summed E-state index contributed by atoms with van der Waals surface area (Å²) in [5.74, 6) is -2.64. The molecule has 1 rings (SSSR count). The molecule has 0 saturated heterocycles. The smallest absolute Gasteiger partial charge is 0.340 e. The minimum absolute atomic E-state index is 0.0864. The van der Waals surface area contributed by atoms with Gasteiger partial charge in [0.1, 0.15) is 11.4 Å². The van der Waals surface area contributed by atoms with E-state index in [1.165, 1.54) is 12.1 Å². The maximum atomic E-state index is 13.4. The van der Waals surface area contributed by atoms with Gasteiger partial charge in [0.25, 0.3) is 0 Å². The molecule has 5 nitrogen and oxygen atoms in total. The van der Waals surface area contributed by atoms with Gasteiger partial charge in [-0.25, -0.2) is 9.18 Å². The van der Waals surface area contributed by atoms with Crippen LogP contribution >= 0.6 is 0 Å². The van der Waals surface area contributed by atoms with Crippen molar-refractivity contribution in [2.45, 2.75) is 26.3 Å². The number of carboxylic acids is 1. The molecule has 0 aliphatic carbocycles. The lowest BCUT2D eigenvalue weighted by atomic mass is 10.0. The first-order chi connectivity index (χ1) is 8.82. The van der Waals surface area contributed by atoms with E-state index < -0.39 is 29.3 Å². The Morgan fingerprint density at radius 2 is 2.05 bits per heavy atom. The van der Waals surface area contributed by atoms with Crippen LogP contribution in [0.3, 0.4) is 0 Å². The van der Waals surface area contributed by atoms with Crippen LogP contribution < -0.4 is 11.1 Å². The van der Waals surface area contributed by atoms with E-state index in [1.54, 1.807) is 0 Å². The van der Waals surface area contributed by atoms with Crippen molar-refractivity contribution in [1.29, 1.82) is 0 Å². The number of hydrogen-bond acceptors (Lipinski definition) is 3. The predicted molar refractivity (Wildman–Crippen MR) is 69.4 cm³/mol. The van der Waals surface area contributed by atoms with Gasteiger partial charge >= 0.3 is 5.97 Å². The normalized spacial score (nSPS) is 12.3. The molecule has 104 valence electrons. The predicted octanol–water partition coefficient (Wildman–Crippen LogP) is 1.84. The zero-order chi connectivity index (χ0) is 14.6. The number of nitrogens with one attached hydrogen (secondary N) is 1. The molecule has 0 fully saturated rings. The minimum atomic E-state index is -1.44. The Labute approximate surface area is 110 Å². The summed E-state index contributed by atoms with van der Waals surface area (Å²) in [4.78, 5) is 22.7. The summed E-state index contributed by atoms with van der Waals surface area (Å²) in [5.41, 5.74) is 5.03. The molecule has 0 radical (unpaired) electrons. The first-order valence-corrected chi connectivity index (χ1v) is 5.91. The van der Waals surface area contributed by atoms with E-state index in [0.717, 1.165) is 6.07 Å². The molecule has 6 heteroatoms. The first-order valence-electron chi connectivity index (χ1n) is 5.91. The molecule has 19 heavy (non-hydrogen) atoms. The van der Waals surface area contributed by atoms with Gasteiger partial charge in [-0.15, -0.1) is 0 Å². The van der Waals surface area contributed by atoms with Crippen molar-refractivity contribution >= 4 is 17.6 Å². The van der Waals surface area contributed by atoms with Crippen molar-refractivity contribution in [2.24, 2.45) is 11.7 Å². The number of hydrogen-bond donors (Lipinski definition) is 3. The number of halogens is 1. The second-order valence-electron chi connectivity index (χ2n) is 4.69. The van der Waals surface area contributed by atoms with Crippen LogP contribution in [0.25, 0.3) is 0 Å². The Morgan fingerprint density at radius 3 is 2.58 bits per heavy atom. The molecule has 0 unspecified atom stereocenters. The molecule has 1 atom stereocenters. The largest absolute Gasteiger partial charge is 0.478 e. The number of benzene rings is 1. The van der Waals surface area contributed by atoms with Crippen molar-refractivity contribution in [3.8, 4) is 0 Å². The van der Waals surface area contributed by atoms with Crippen molar-refractivity contribution < 1.29 is 19.1 Å². The molecular formula is C13H17FN2O3. The number of carbonyl (C=O) groups is 2. The van der Waals surface area contributed by atoms with Crippen LogP contribution in [0.1, 0.15) is 30.6 Å². The van der Waals surface area contributed by atoms with Gasteiger partial charge in [0.2, 0.25) is 5.91 Å². The highest BCUT2D eigenvalue weighted by atomic mass is 19.1. The maximum Gasteiger partial charge on any atom is 0.340 e. The summed E-state index contributed by atoms with van der Waals surface area (Å²) in [7, 11) is 0. The van der Waals surface area contributed by atoms with E-state index in [1.807, 2.05) is 13.8 Å². The number of aromatic carboxylic acids is 1. The monoisotopic (exact) mass is 268 g/mol. The number of amides is 1. The third-order valence-electron chi connectivity index (χ3n) is 2.55. The molecule has 0 spiro atoms. The van der Waals surface area contributed by atoms with Crippen molar-refractivity contribution in [3.05, 3.63) is 29.6 Å². The molecule has 0 saturated carbocycles. The molecule has 4 N–H and O–H groups in total. The van der Waals surface area contributed by atoms with Crippen molar-refractivity contribution in [3.63, 3.8) is 0 Å². The Hall–Kier alpha value is -1.95. The molecule has 1 aromatic carbocycles. The standard InChI is InChI=1S/C13H17FN2O3/c1-7(2)6-9(15)12(17)16-10-5-3-4-8(14)11(10)13(18)19/h3-5,7,9H,6,15H2,1-2H3,(H,16,17)(H,18,19)/t9-/m1/s1. The van der Waals surface area contributed by atoms with E-state index in [0.29, 0.717) is 6.42 Å². The molecule has 0 heterocycles. The second kappa shape index (κ2) is 6.29. The average Bonchev–Trinajstić information content (AvgIpc) is 2.27. The van der Waals surface area contributed by atoms with Crippen LogP contribution in [-0.2, 0) is 4.79 Å². The SMILES string of the molecule is CC(C)C[C@@H](N)C(=O)Nc1cccc(F)c1C(=O)O. The fourth-order valence-corrected chi connectivity index (χ4v) is 1.69. The van der Waals surface area contributed by atoms with Crippen LogP contribution in [0.15, 0.2) is 18.2 Å². The fourth-order valence-electron chi connectivity index (χ4n) is 1.69. The van der Waals surface area contributed by atoms with Crippen LogP contribution in [0, 0.1) is 11.7 Å². The van der Waals surface area contributed by atoms with Crippen LogP contribution in [0.5, 0.6) is 0 Å². The van der Waals surface area contributed by atoms with Gasteiger partial charge in [-0.3, -0.25) is 4.79 Å². The first kappa shape index (κ1) is 15.1. The zero-order valence-corrected chi connectivity index (χ0v) is 10.8. The lowest BCUT2D eigenvalue weighted by Gasteiger charge is -2.15. The van der Waals surface area contributed by atoms with Crippen LogP contribution in [0.4, 0.5) is 10.1 Å². The van der Waals surface area contributed by atoms with Gasteiger partial charge in [0, 0.05) is 0 Å². The van der Waals surface area contributed by atoms with Crippen molar-refractivity contribution in [1.82, 2.24) is 0 Å². The number of anilines is 1. The van der Waals surface area contributed by atoms with Gasteiger partial charge in [0.05, 0.1) is 11.7 Å². The summed E-state index contributed by atoms with van der Waals surface area (Å²) in [6, 6.07) is 2.91. The summed E-state index contributed by atoms with van der Waals surface area (Å²) in [5, 5.41) is 11.3. The highest BCUT2D eigenvalue weighted by Crippen LogP contribution is 2.19. The summed E-state index contributed by atoms with van der Waals surface area (Å²) in [6.07, 6.45) is 0.462. The molecule has 0 aromatic heterocycles. The van der Waals surface area contributed by atoms with Crippen LogP contribution in [0.2, 0.25) is 0 Å². The van der Waals surface area contributed by atoms with E-state index in [9.17, 15) is 14.0 Å². The third kappa shape index (κ3) is 4.03. The van der Waals surface area contributed by atoms with Gasteiger partial charge < -0.3 is 16.2 Å². The number of nitrogens with two attached hydrogens (primary N) is 1. The maximum absolute atomic E-state index is 13.4. The lowest BCUT2D eigenvalue weighted by molar-refractivity contribution is -0.117. The molecule has 0 aliphatic heterocycles. The highest BCUT2D eigenvalue weighted by Gasteiger charge is 2.20. The minimum Gasteiger partial charge on any atom is -0.478 e. The Balaban J connectivity index is 2.91. The van der Waals surface area contributed by atoms with E-state index in [2.05, 4.69) is 5.32 Å². The van der Waals surface area contributed by atoms with Gasteiger partial charge in [0.15, 0.2) is 0 Å². The zero-order valence-electron chi connectivity index (χ0n) is 10.8. The topological polar surface area (TPSA) is 92.4 Å². The summed E-state index contributed by atoms with van der Waals surface area (Å²) < 4.78 is 13.4. The Morgan fingerprint density at radius 1 is 1.42 bits per heavy atom. The Bertz CT molecular complexity index is 489. The van der Waals surface area contributed by atoms with Gasteiger partial charge in [-0.2, -0.15) is 0 Å². The Kier molecular flexibility index (Phi) is 5.00. The summed E-state index contributed by atoms with van der Waals surface area (Å²) in [6.45, 7) is 3.83. The fraction of sp³-hybridized carbons (Fsp3) is 0.385. The molecule has 1 amide bonds. The second-order valence-corrected chi connectivity index (χ2v) is 4.69. The average molecular weight is 268 g/mol. The molecule has 0 bridgehead atoms. The number of rotatable bonds is 5. The van der Waals surface area contributed by atoms with Crippen molar-refractivity contribution in [2.75, 3.05) is 5.32 Å². The molecule has 0 aliphatic rings. The molecular weight excluding hydrogens is 251 g/mol. The van der Waals surface area contributed by atoms with Crippen LogP contribution in [-0.4, -0.2) is 23.0 Å². The van der Waals surface area contributed by atoms with Gasteiger partial charge in [-0.1, -0.05) is 19.9 Å². The van der Waals surface area contributed by atoms with E-state index in [-0.39, 0.29) is 11.6 Å². The number of carboxylic acid groups (broad SMARTS) is 1. The number of carbonyl (C=O) groups excluding carboxylic acids is 1. The molecule has 1 aromatic rings. The third-order valence-corrected chi connectivity index (χ3v) is 2.55. The van der Waals surface area contributed by atoms with E-state index >= 15 is 0 Å².